The first-order valence-electron chi connectivity index (χ1n) is 5.54. The Hall–Kier alpha value is -0.900. The summed E-state index contributed by atoms with van der Waals surface area (Å²) in [5.74, 6) is -1.54. The van der Waals surface area contributed by atoms with Gasteiger partial charge in [-0.2, -0.15) is 0 Å². The van der Waals surface area contributed by atoms with Crippen LogP contribution in [0.2, 0.25) is 0 Å². The van der Waals surface area contributed by atoms with Crippen LogP contribution in [0.25, 0.3) is 0 Å². The van der Waals surface area contributed by atoms with Gasteiger partial charge in [-0.05, 0) is 12.8 Å². The molecule has 15 heavy (non-hydrogen) atoms. The van der Waals surface area contributed by atoms with Gasteiger partial charge in [-0.25, -0.2) is 4.79 Å². The number of carbonyl (C=O) groups is 2. The number of carboxylic acids is 1. The summed E-state index contributed by atoms with van der Waals surface area (Å²) in [6.07, 6.45) is 3.59. The largest absolute Gasteiger partial charge is 0.480 e. The second kappa shape index (κ2) is 6.56. The molecule has 0 fully saturated rings. The third-order valence-electron chi connectivity index (χ3n) is 2.56. The van der Waals surface area contributed by atoms with Crippen molar-refractivity contribution in [3.8, 4) is 0 Å². The van der Waals surface area contributed by atoms with Gasteiger partial charge in [0.2, 0.25) is 0 Å². The molecule has 1 atom stereocenters. The lowest BCUT2D eigenvalue weighted by Crippen LogP contribution is -2.54. The first-order chi connectivity index (χ1) is 6.99. The van der Waals surface area contributed by atoms with Crippen molar-refractivity contribution in [2.24, 2.45) is 5.73 Å². The Morgan fingerprint density at radius 3 is 2.13 bits per heavy atom. The minimum Gasteiger partial charge on any atom is -0.480 e. The average molecular weight is 215 g/mol. The van der Waals surface area contributed by atoms with Crippen molar-refractivity contribution in [1.82, 2.24) is 0 Å². The van der Waals surface area contributed by atoms with Crippen LogP contribution in [0.4, 0.5) is 0 Å². The lowest BCUT2D eigenvalue weighted by Gasteiger charge is -2.22. The molecule has 3 N–H and O–H groups in total. The zero-order chi connectivity index (χ0) is 11.9. The van der Waals surface area contributed by atoms with Crippen LogP contribution in [-0.4, -0.2) is 22.4 Å². The fourth-order valence-electron chi connectivity index (χ4n) is 1.38. The van der Waals surface area contributed by atoms with Crippen molar-refractivity contribution in [1.29, 1.82) is 0 Å². The topological polar surface area (TPSA) is 80.4 Å². The van der Waals surface area contributed by atoms with Crippen LogP contribution in [-0.2, 0) is 9.59 Å². The summed E-state index contributed by atoms with van der Waals surface area (Å²) in [5, 5.41) is 8.98. The Labute approximate surface area is 90.8 Å². The van der Waals surface area contributed by atoms with E-state index in [0.717, 1.165) is 12.8 Å². The number of nitrogens with two attached hydrogens (primary N) is 1. The molecule has 4 heteroatoms. The monoisotopic (exact) mass is 215 g/mol. The molecule has 0 heterocycles. The number of hydrogen-bond acceptors (Lipinski definition) is 3. The van der Waals surface area contributed by atoms with Gasteiger partial charge in [-0.3, -0.25) is 4.79 Å². The van der Waals surface area contributed by atoms with Gasteiger partial charge in [-0.15, -0.1) is 0 Å². The van der Waals surface area contributed by atoms with Crippen molar-refractivity contribution in [2.75, 3.05) is 0 Å². The Bertz CT molecular complexity index is 228. The fraction of sp³-hybridized carbons (Fsp3) is 0.818. The molecular weight excluding hydrogens is 194 g/mol. The number of aliphatic carboxylic acids is 1. The van der Waals surface area contributed by atoms with E-state index in [1.807, 2.05) is 13.8 Å². The summed E-state index contributed by atoms with van der Waals surface area (Å²) in [6, 6.07) is 0. The first kappa shape index (κ1) is 14.1. The van der Waals surface area contributed by atoms with E-state index in [2.05, 4.69) is 0 Å². The summed E-state index contributed by atoms with van der Waals surface area (Å²) in [7, 11) is 0. The second-order valence-corrected chi connectivity index (χ2v) is 3.91. The summed E-state index contributed by atoms with van der Waals surface area (Å²) in [5.41, 5.74) is 4.00. The number of carbonyl (C=O) groups excluding carboxylic acids is 1. The van der Waals surface area contributed by atoms with E-state index in [4.69, 9.17) is 10.8 Å². The van der Waals surface area contributed by atoms with Crippen molar-refractivity contribution in [2.45, 2.75) is 57.9 Å². The molecule has 0 aromatic heterocycles. The first-order valence-corrected chi connectivity index (χ1v) is 5.54. The standard InChI is InChI=1S/C11H21NO3/c1-3-5-7-9(13)11(12,10(14)15)8-6-4-2/h3-8,12H2,1-2H3,(H,14,15). The number of ketones is 1. The molecule has 0 rings (SSSR count). The van der Waals surface area contributed by atoms with Crippen molar-refractivity contribution in [3.63, 3.8) is 0 Å². The van der Waals surface area contributed by atoms with Gasteiger partial charge in [0.05, 0.1) is 0 Å². The Kier molecular flexibility index (Phi) is 6.17. The van der Waals surface area contributed by atoms with Gasteiger partial charge in [0.1, 0.15) is 0 Å². The summed E-state index contributed by atoms with van der Waals surface area (Å²) in [6.45, 7) is 3.90. The third-order valence-corrected chi connectivity index (χ3v) is 2.56. The maximum absolute atomic E-state index is 11.7. The smallest absolute Gasteiger partial charge is 0.331 e. The van der Waals surface area contributed by atoms with E-state index in [9.17, 15) is 9.59 Å². The fourth-order valence-corrected chi connectivity index (χ4v) is 1.38. The molecule has 88 valence electrons. The Morgan fingerprint density at radius 1 is 1.20 bits per heavy atom. The highest BCUT2D eigenvalue weighted by molar-refractivity contribution is 6.07. The molecular formula is C11H21NO3. The third kappa shape index (κ3) is 4.00. The zero-order valence-electron chi connectivity index (χ0n) is 9.58. The van der Waals surface area contributed by atoms with E-state index in [1.54, 1.807) is 0 Å². The van der Waals surface area contributed by atoms with E-state index in [-0.39, 0.29) is 18.6 Å². The number of unbranched alkanes of at least 4 members (excludes halogenated alkanes) is 2. The quantitative estimate of drug-likeness (QED) is 0.604. The van der Waals surface area contributed by atoms with E-state index in [1.165, 1.54) is 0 Å². The van der Waals surface area contributed by atoms with Crippen molar-refractivity contribution < 1.29 is 14.7 Å². The number of carboxylic acid groups (broad SMARTS) is 1. The van der Waals surface area contributed by atoms with Crippen LogP contribution in [0.5, 0.6) is 0 Å². The summed E-state index contributed by atoms with van der Waals surface area (Å²) < 4.78 is 0. The molecule has 0 radical (unpaired) electrons. The zero-order valence-corrected chi connectivity index (χ0v) is 9.58. The maximum atomic E-state index is 11.7. The molecule has 0 aliphatic carbocycles. The predicted molar refractivity (Wildman–Crippen MR) is 58.6 cm³/mol. The van der Waals surface area contributed by atoms with Crippen LogP contribution in [0.3, 0.4) is 0 Å². The molecule has 0 aromatic carbocycles. The minimum atomic E-state index is -1.66. The Balaban J connectivity index is 4.48. The second-order valence-electron chi connectivity index (χ2n) is 3.91. The van der Waals surface area contributed by atoms with Crippen molar-refractivity contribution in [3.05, 3.63) is 0 Å². The summed E-state index contributed by atoms with van der Waals surface area (Å²) >= 11 is 0. The summed E-state index contributed by atoms with van der Waals surface area (Å²) in [4.78, 5) is 22.7. The normalized spacial score (nSPS) is 14.6. The number of Topliss-reactive ketones (excluding diaryl/α,β-unsaturated/α-hetero) is 1. The molecule has 0 aliphatic heterocycles. The van der Waals surface area contributed by atoms with Gasteiger partial charge in [0.15, 0.2) is 11.3 Å². The molecule has 4 nitrogen and oxygen atoms in total. The molecule has 0 saturated heterocycles. The molecule has 0 saturated carbocycles. The lowest BCUT2D eigenvalue weighted by atomic mass is 9.87. The maximum Gasteiger partial charge on any atom is 0.331 e. The average Bonchev–Trinajstić information content (AvgIpc) is 2.21. The highest BCUT2D eigenvalue weighted by Crippen LogP contribution is 2.16. The van der Waals surface area contributed by atoms with E-state index < -0.39 is 11.5 Å². The number of hydrogen-bond donors (Lipinski definition) is 2. The molecule has 0 spiro atoms. The van der Waals surface area contributed by atoms with Gasteiger partial charge < -0.3 is 10.8 Å². The molecule has 0 aliphatic rings. The SMILES string of the molecule is CCCCC(=O)C(N)(CCCC)C(=O)O. The van der Waals surface area contributed by atoms with Crippen LogP contribution < -0.4 is 5.73 Å². The van der Waals surface area contributed by atoms with Crippen LogP contribution in [0, 0.1) is 0 Å². The van der Waals surface area contributed by atoms with Crippen LogP contribution in [0.15, 0.2) is 0 Å². The van der Waals surface area contributed by atoms with E-state index >= 15 is 0 Å². The highest BCUT2D eigenvalue weighted by Gasteiger charge is 2.40. The minimum absolute atomic E-state index is 0.237. The van der Waals surface area contributed by atoms with Crippen molar-refractivity contribution >= 4 is 11.8 Å². The van der Waals surface area contributed by atoms with Gasteiger partial charge >= 0.3 is 5.97 Å². The van der Waals surface area contributed by atoms with Crippen LogP contribution in [0.1, 0.15) is 52.4 Å². The number of rotatable bonds is 8. The molecule has 0 amide bonds. The highest BCUT2D eigenvalue weighted by atomic mass is 16.4. The Morgan fingerprint density at radius 2 is 1.73 bits per heavy atom. The molecule has 0 aromatic rings. The van der Waals surface area contributed by atoms with Gasteiger partial charge in [-0.1, -0.05) is 33.1 Å². The van der Waals surface area contributed by atoms with E-state index in [0.29, 0.717) is 12.8 Å². The van der Waals surface area contributed by atoms with Gasteiger partial charge in [0, 0.05) is 6.42 Å². The van der Waals surface area contributed by atoms with Gasteiger partial charge in [0.25, 0.3) is 0 Å². The molecule has 0 bridgehead atoms. The molecule has 1 unspecified atom stereocenters. The lowest BCUT2D eigenvalue weighted by molar-refractivity contribution is -0.148. The predicted octanol–water partition coefficient (Wildman–Crippen LogP) is 1.72. The van der Waals surface area contributed by atoms with Crippen LogP contribution >= 0.6 is 0 Å².